The van der Waals surface area contributed by atoms with Gasteiger partial charge in [-0.05, 0) is 37.0 Å². The Labute approximate surface area is 202 Å². The number of nitrogens with zero attached hydrogens (tertiary/aromatic N) is 2. The second-order valence-corrected chi connectivity index (χ2v) is 11.0. The highest BCUT2D eigenvalue weighted by Crippen LogP contribution is 2.26. The van der Waals surface area contributed by atoms with Gasteiger partial charge in [-0.2, -0.15) is 4.31 Å². The summed E-state index contributed by atoms with van der Waals surface area (Å²) in [6, 6.07) is 5.27. The van der Waals surface area contributed by atoms with E-state index in [1.165, 1.54) is 16.4 Å². The molecule has 0 bridgehead atoms. The Bertz CT molecular complexity index is 949. The van der Waals surface area contributed by atoms with Crippen LogP contribution in [0.1, 0.15) is 50.9 Å². The smallest absolute Gasteiger partial charge is 0.251 e. The summed E-state index contributed by atoms with van der Waals surface area (Å²) < 4.78 is 38.3. The van der Waals surface area contributed by atoms with Crippen LogP contribution in [0.2, 0.25) is 0 Å². The molecule has 1 unspecified atom stereocenters. The minimum Gasteiger partial charge on any atom is -0.350 e. The lowest BCUT2D eigenvalue weighted by molar-refractivity contribution is -0.139. The predicted octanol–water partition coefficient (Wildman–Crippen LogP) is 2.08. The molecule has 0 aromatic heterocycles. The zero-order valence-corrected chi connectivity index (χ0v) is 21.3. The van der Waals surface area contributed by atoms with E-state index in [9.17, 15) is 18.0 Å². The molecule has 0 spiro atoms. The fourth-order valence-corrected chi connectivity index (χ4v) is 5.99. The number of piperidine rings is 1. The number of carbonyl (C=O) groups is 2. The second-order valence-electron chi connectivity index (χ2n) is 9.08. The van der Waals surface area contributed by atoms with E-state index in [0.29, 0.717) is 39.4 Å². The van der Waals surface area contributed by atoms with Crippen LogP contribution in [0.15, 0.2) is 29.2 Å². The summed E-state index contributed by atoms with van der Waals surface area (Å²) >= 11 is 0. The highest BCUT2D eigenvalue weighted by atomic mass is 32.2. The molecule has 34 heavy (non-hydrogen) atoms. The Morgan fingerprint density at radius 2 is 1.74 bits per heavy atom. The van der Waals surface area contributed by atoms with Gasteiger partial charge in [0.2, 0.25) is 15.9 Å². The number of hydrogen-bond donors (Lipinski definition) is 1. The SMILES string of the molecule is CCN(CC)S(=O)(=O)c1cccc(C(=O)NC(C(=O)N2CCC(C3OCCO3)CC2)C(C)C)c1. The molecule has 3 rings (SSSR count). The molecule has 190 valence electrons. The van der Waals surface area contributed by atoms with Gasteiger partial charge in [0.05, 0.1) is 18.1 Å². The van der Waals surface area contributed by atoms with Crippen LogP contribution in [-0.2, 0) is 24.3 Å². The highest BCUT2D eigenvalue weighted by Gasteiger charge is 2.35. The van der Waals surface area contributed by atoms with Gasteiger partial charge in [0.25, 0.3) is 5.91 Å². The van der Waals surface area contributed by atoms with E-state index in [1.54, 1.807) is 30.9 Å². The Balaban J connectivity index is 1.68. The first-order chi connectivity index (χ1) is 16.2. The van der Waals surface area contributed by atoms with Gasteiger partial charge in [-0.3, -0.25) is 9.59 Å². The fourth-order valence-electron chi connectivity index (χ4n) is 4.49. The molecule has 1 N–H and O–H groups in total. The van der Waals surface area contributed by atoms with Crippen molar-refractivity contribution in [1.82, 2.24) is 14.5 Å². The third kappa shape index (κ3) is 5.97. The Morgan fingerprint density at radius 1 is 1.12 bits per heavy atom. The monoisotopic (exact) mass is 495 g/mol. The van der Waals surface area contributed by atoms with Crippen LogP contribution in [0.3, 0.4) is 0 Å². The number of hydrogen-bond acceptors (Lipinski definition) is 6. The molecular formula is C24H37N3O6S. The maximum atomic E-state index is 13.3. The maximum absolute atomic E-state index is 13.3. The zero-order valence-electron chi connectivity index (χ0n) is 20.5. The molecule has 2 heterocycles. The van der Waals surface area contributed by atoms with Crippen LogP contribution < -0.4 is 5.32 Å². The fraction of sp³-hybridized carbons (Fsp3) is 0.667. The van der Waals surface area contributed by atoms with Crippen LogP contribution in [0.25, 0.3) is 0 Å². The van der Waals surface area contributed by atoms with Crippen molar-refractivity contribution in [3.8, 4) is 0 Å². The third-order valence-electron chi connectivity index (χ3n) is 6.54. The molecule has 2 saturated heterocycles. The van der Waals surface area contributed by atoms with Crippen molar-refractivity contribution < 1.29 is 27.5 Å². The van der Waals surface area contributed by atoms with Crippen molar-refractivity contribution >= 4 is 21.8 Å². The van der Waals surface area contributed by atoms with Gasteiger partial charge < -0.3 is 19.7 Å². The van der Waals surface area contributed by atoms with Crippen molar-refractivity contribution in [2.45, 2.75) is 57.8 Å². The van der Waals surface area contributed by atoms with E-state index in [0.717, 1.165) is 12.8 Å². The molecule has 1 atom stereocenters. The molecule has 0 radical (unpaired) electrons. The van der Waals surface area contributed by atoms with Gasteiger partial charge in [0, 0.05) is 37.7 Å². The summed E-state index contributed by atoms with van der Waals surface area (Å²) in [6.45, 7) is 10.4. The summed E-state index contributed by atoms with van der Waals surface area (Å²) in [5.74, 6) is -0.444. The maximum Gasteiger partial charge on any atom is 0.251 e. The minimum absolute atomic E-state index is 0.0645. The molecule has 2 aliphatic heterocycles. The van der Waals surface area contributed by atoms with Crippen LogP contribution in [0.4, 0.5) is 0 Å². The molecule has 2 fully saturated rings. The number of sulfonamides is 1. The van der Waals surface area contributed by atoms with Crippen molar-refractivity contribution in [3.05, 3.63) is 29.8 Å². The minimum atomic E-state index is -3.69. The number of nitrogens with one attached hydrogen (secondary N) is 1. The van der Waals surface area contributed by atoms with Crippen molar-refractivity contribution in [2.75, 3.05) is 39.4 Å². The molecule has 2 amide bonds. The van der Waals surface area contributed by atoms with Gasteiger partial charge in [0.15, 0.2) is 6.29 Å². The third-order valence-corrected chi connectivity index (χ3v) is 8.59. The first-order valence-electron chi connectivity index (χ1n) is 12.1. The lowest BCUT2D eigenvalue weighted by Crippen LogP contribution is -2.53. The highest BCUT2D eigenvalue weighted by molar-refractivity contribution is 7.89. The largest absolute Gasteiger partial charge is 0.350 e. The summed E-state index contributed by atoms with van der Waals surface area (Å²) in [4.78, 5) is 28.2. The number of benzene rings is 1. The van der Waals surface area contributed by atoms with E-state index >= 15 is 0 Å². The van der Waals surface area contributed by atoms with E-state index in [2.05, 4.69) is 5.32 Å². The van der Waals surface area contributed by atoms with Crippen LogP contribution in [-0.4, -0.2) is 81.2 Å². The van der Waals surface area contributed by atoms with Crippen LogP contribution in [0, 0.1) is 11.8 Å². The van der Waals surface area contributed by atoms with Gasteiger partial charge in [0.1, 0.15) is 6.04 Å². The second kappa shape index (κ2) is 11.6. The molecule has 1 aromatic carbocycles. The first kappa shape index (κ1) is 26.6. The topological polar surface area (TPSA) is 105 Å². The van der Waals surface area contributed by atoms with Gasteiger partial charge >= 0.3 is 0 Å². The Kier molecular flexibility index (Phi) is 9.08. The summed E-state index contributed by atoms with van der Waals surface area (Å²) in [5, 5.41) is 2.84. The standard InChI is InChI=1S/C24H37N3O6S/c1-5-27(6-2)34(30,31)20-9-7-8-19(16-20)22(28)25-21(17(3)4)23(29)26-12-10-18(11-13-26)24-32-14-15-33-24/h7-9,16-18,21,24H,5-6,10-15H2,1-4H3,(H,25,28). The molecule has 0 saturated carbocycles. The molecule has 10 heteroatoms. The normalized spacial score (nSPS) is 19.1. The summed E-state index contributed by atoms with van der Waals surface area (Å²) in [5.41, 5.74) is 0.209. The van der Waals surface area contributed by atoms with Crippen LogP contribution in [0.5, 0.6) is 0 Å². The average Bonchev–Trinajstić information content (AvgIpc) is 3.37. The Hall–Kier alpha value is -2.01. The number of likely N-dealkylation sites (tertiary alicyclic amines) is 1. The lowest BCUT2D eigenvalue weighted by Gasteiger charge is -2.36. The average molecular weight is 496 g/mol. The molecule has 1 aromatic rings. The molecule has 9 nitrogen and oxygen atoms in total. The van der Waals surface area contributed by atoms with E-state index in [4.69, 9.17) is 9.47 Å². The number of carbonyl (C=O) groups excluding carboxylic acids is 2. The van der Waals surface area contributed by atoms with E-state index < -0.39 is 22.0 Å². The van der Waals surface area contributed by atoms with Crippen LogP contribution >= 0.6 is 0 Å². The first-order valence-corrected chi connectivity index (χ1v) is 13.6. The molecule has 0 aliphatic carbocycles. The van der Waals surface area contributed by atoms with Crippen molar-refractivity contribution in [2.24, 2.45) is 11.8 Å². The Morgan fingerprint density at radius 3 is 2.29 bits per heavy atom. The summed E-state index contributed by atoms with van der Waals surface area (Å²) in [6.07, 6.45) is 1.40. The molecular weight excluding hydrogens is 458 g/mol. The van der Waals surface area contributed by atoms with Gasteiger partial charge in [-0.15, -0.1) is 0 Å². The lowest BCUT2D eigenvalue weighted by atomic mass is 9.94. The number of ether oxygens (including phenoxy) is 2. The quantitative estimate of drug-likeness (QED) is 0.562. The summed E-state index contributed by atoms with van der Waals surface area (Å²) in [7, 11) is -3.69. The number of amides is 2. The molecule has 2 aliphatic rings. The number of rotatable bonds is 9. The van der Waals surface area contributed by atoms with E-state index in [1.807, 2.05) is 13.8 Å². The van der Waals surface area contributed by atoms with E-state index in [-0.39, 0.29) is 34.5 Å². The van der Waals surface area contributed by atoms with Gasteiger partial charge in [-0.1, -0.05) is 33.8 Å². The zero-order chi connectivity index (χ0) is 24.9. The van der Waals surface area contributed by atoms with Gasteiger partial charge in [-0.25, -0.2) is 8.42 Å². The van der Waals surface area contributed by atoms with Crippen molar-refractivity contribution in [1.29, 1.82) is 0 Å². The predicted molar refractivity (Wildman–Crippen MR) is 128 cm³/mol. The van der Waals surface area contributed by atoms with Crippen molar-refractivity contribution in [3.63, 3.8) is 0 Å².